The van der Waals surface area contributed by atoms with Gasteiger partial charge in [0.05, 0.1) is 0 Å². The molecule has 0 aliphatic carbocycles. The first-order chi connectivity index (χ1) is 9.54. The van der Waals surface area contributed by atoms with Crippen molar-refractivity contribution in [3.8, 4) is 11.5 Å². The monoisotopic (exact) mass is 445 g/mol. The van der Waals surface area contributed by atoms with Crippen LogP contribution in [-0.4, -0.2) is 6.04 Å². The van der Waals surface area contributed by atoms with Crippen molar-refractivity contribution in [2.75, 3.05) is 0 Å². The van der Waals surface area contributed by atoms with Gasteiger partial charge in [-0.2, -0.15) is 0 Å². The number of hydrogen-bond donors (Lipinski definition) is 1. The molecule has 0 atom stereocenters. The van der Waals surface area contributed by atoms with Crippen molar-refractivity contribution in [2.24, 2.45) is 0 Å². The zero-order chi connectivity index (χ0) is 14.5. The third-order valence-electron chi connectivity index (χ3n) is 2.77. The second kappa shape index (κ2) is 7.43. The van der Waals surface area contributed by atoms with Gasteiger partial charge in [-0.25, -0.2) is 0 Å². The number of benzene rings is 2. The molecule has 0 fully saturated rings. The van der Waals surface area contributed by atoms with Crippen LogP contribution in [0.5, 0.6) is 11.5 Å². The van der Waals surface area contributed by atoms with Gasteiger partial charge in [0.15, 0.2) is 0 Å². The third kappa shape index (κ3) is 4.75. The van der Waals surface area contributed by atoms with Gasteiger partial charge in [-0.15, -0.1) is 0 Å². The Morgan fingerprint density at radius 2 is 1.85 bits per heavy atom. The van der Waals surface area contributed by atoms with E-state index in [1.807, 2.05) is 36.4 Å². The van der Waals surface area contributed by atoms with E-state index in [1.54, 1.807) is 0 Å². The Hall–Kier alpha value is -0.590. The molecule has 0 spiro atoms. The summed E-state index contributed by atoms with van der Waals surface area (Å²) in [6, 6.07) is 14.6. The van der Waals surface area contributed by atoms with Crippen molar-refractivity contribution in [1.29, 1.82) is 0 Å². The van der Waals surface area contributed by atoms with E-state index in [0.29, 0.717) is 6.04 Å². The predicted molar refractivity (Wildman–Crippen MR) is 95.4 cm³/mol. The van der Waals surface area contributed by atoms with E-state index >= 15 is 0 Å². The van der Waals surface area contributed by atoms with Crippen LogP contribution >= 0.6 is 38.5 Å². The molecule has 0 radical (unpaired) electrons. The summed E-state index contributed by atoms with van der Waals surface area (Å²) in [4.78, 5) is 0. The van der Waals surface area contributed by atoms with Crippen LogP contribution < -0.4 is 10.1 Å². The molecule has 0 saturated heterocycles. The number of nitrogens with one attached hydrogen (secondary N) is 1. The van der Waals surface area contributed by atoms with Gasteiger partial charge in [0.1, 0.15) is 11.5 Å². The maximum absolute atomic E-state index is 6.00. The largest absolute Gasteiger partial charge is 0.457 e. The molecule has 0 aliphatic rings. The molecule has 0 bridgehead atoms. The molecule has 2 aromatic rings. The van der Waals surface area contributed by atoms with Gasteiger partial charge >= 0.3 is 0 Å². The van der Waals surface area contributed by atoms with E-state index in [-0.39, 0.29) is 0 Å². The fraction of sp³-hybridized carbons (Fsp3) is 0.250. The molecular weight excluding hydrogens is 429 g/mol. The Morgan fingerprint density at radius 3 is 2.50 bits per heavy atom. The van der Waals surface area contributed by atoms with E-state index in [4.69, 9.17) is 4.74 Å². The van der Waals surface area contributed by atoms with Crippen LogP contribution in [0.25, 0.3) is 0 Å². The van der Waals surface area contributed by atoms with E-state index in [1.165, 1.54) is 3.57 Å². The minimum Gasteiger partial charge on any atom is -0.457 e. The molecule has 1 N–H and O–H groups in total. The fourth-order valence-corrected chi connectivity index (χ4v) is 2.41. The Morgan fingerprint density at radius 1 is 1.15 bits per heavy atom. The summed E-state index contributed by atoms with van der Waals surface area (Å²) in [5, 5.41) is 3.42. The van der Waals surface area contributed by atoms with Crippen molar-refractivity contribution in [3.05, 3.63) is 56.1 Å². The molecule has 0 heterocycles. The van der Waals surface area contributed by atoms with Crippen molar-refractivity contribution >= 4 is 38.5 Å². The van der Waals surface area contributed by atoms with Gasteiger partial charge in [-0.05, 0) is 59.0 Å². The molecule has 2 nitrogen and oxygen atoms in total. The Balaban J connectivity index is 2.20. The topological polar surface area (TPSA) is 21.3 Å². The maximum atomic E-state index is 6.00. The first-order valence-corrected chi connectivity index (χ1v) is 8.37. The minimum atomic E-state index is 0.449. The first kappa shape index (κ1) is 15.8. The zero-order valence-corrected chi connectivity index (χ0v) is 15.2. The molecular formula is C16H17BrINO. The average molecular weight is 446 g/mol. The lowest BCUT2D eigenvalue weighted by Crippen LogP contribution is -2.22. The summed E-state index contributed by atoms with van der Waals surface area (Å²) >= 11 is 5.79. The van der Waals surface area contributed by atoms with Gasteiger partial charge in [-0.3, -0.25) is 0 Å². The quantitative estimate of drug-likeness (QED) is 0.627. The van der Waals surface area contributed by atoms with Crippen LogP contribution in [0.1, 0.15) is 19.4 Å². The van der Waals surface area contributed by atoms with E-state index in [2.05, 4.69) is 63.8 Å². The number of ether oxygens (including phenoxy) is 1. The predicted octanol–water partition coefficient (Wildman–Crippen LogP) is 5.34. The molecule has 4 heteroatoms. The zero-order valence-electron chi connectivity index (χ0n) is 11.5. The lowest BCUT2D eigenvalue weighted by Gasteiger charge is -2.14. The Labute approximate surface area is 142 Å². The maximum Gasteiger partial charge on any atom is 0.133 e. The van der Waals surface area contributed by atoms with Crippen LogP contribution in [0.3, 0.4) is 0 Å². The number of hydrogen-bond acceptors (Lipinski definition) is 2. The normalized spacial score (nSPS) is 10.8. The molecule has 106 valence electrons. The number of rotatable bonds is 5. The lowest BCUT2D eigenvalue weighted by atomic mass is 10.2. The Kier molecular flexibility index (Phi) is 5.86. The summed E-state index contributed by atoms with van der Waals surface area (Å²) < 4.78 is 8.22. The molecule has 2 rings (SSSR count). The first-order valence-electron chi connectivity index (χ1n) is 6.50. The fourth-order valence-electron chi connectivity index (χ4n) is 1.71. The summed E-state index contributed by atoms with van der Waals surface area (Å²) in [7, 11) is 0. The van der Waals surface area contributed by atoms with Gasteiger partial charge < -0.3 is 10.1 Å². The van der Waals surface area contributed by atoms with E-state index < -0.39 is 0 Å². The van der Waals surface area contributed by atoms with Gasteiger partial charge in [0.25, 0.3) is 0 Å². The SMILES string of the molecule is CC(C)NCc1ccc(Br)cc1Oc1ccc(I)cc1. The molecule has 0 aliphatic heterocycles. The van der Waals surface area contributed by atoms with E-state index in [9.17, 15) is 0 Å². The standard InChI is InChI=1S/C16H17BrINO/c1-11(2)19-10-12-3-4-13(17)9-16(12)20-15-7-5-14(18)6-8-15/h3-9,11,19H,10H2,1-2H3. The summed E-state index contributed by atoms with van der Waals surface area (Å²) in [5.41, 5.74) is 1.15. The highest BCUT2D eigenvalue weighted by Crippen LogP contribution is 2.29. The molecule has 0 saturated carbocycles. The van der Waals surface area contributed by atoms with E-state index in [0.717, 1.165) is 28.1 Å². The van der Waals surface area contributed by atoms with Crippen LogP contribution in [0.4, 0.5) is 0 Å². The van der Waals surface area contributed by atoms with Crippen molar-refractivity contribution in [1.82, 2.24) is 5.32 Å². The highest BCUT2D eigenvalue weighted by molar-refractivity contribution is 14.1. The highest BCUT2D eigenvalue weighted by atomic mass is 127. The molecule has 0 amide bonds. The lowest BCUT2D eigenvalue weighted by molar-refractivity contribution is 0.469. The molecule has 0 unspecified atom stereocenters. The van der Waals surface area contributed by atoms with Crippen molar-refractivity contribution < 1.29 is 4.74 Å². The van der Waals surface area contributed by atoms with Gasteiger partial charge in [0.2, 0.25) is 0 Å². The number of halogens is 2. The highest BCUT2D eigenvalue weighted by Gasteiger charge is 2.07. The molecule has 20 heavy (non-hydrogen) atoms. The second-order valence-corrected chi connectivity index (χ2v) is 7.00. The summed E-state index contributed by atoms with van der Waals surface area (Å²) in [6.07, 6.45) is 0. The third-order valence-corrected chi connectivity index (χ3v) is 3.98. The average Bonchev–Trinajstić information content (AvgIpc) is 2.40. The molecule has 2 aromatic carbocycles. The Bertz CT molecular complexity index is 569. The van der Waals surface area contributed by atoms with Crippen molar-refractivity contribution in [2.45, 2.75) is 26.4 Å². The van der Waals surface area contributed by atoms with Crippen molar-refractivity contribution in [3.63, 3.8) is 0 Å². The summed E-state index contributed by atoms with van der Waals surface area (Å²) in [6.45, 7) is 5.07. The second-order valence-electron chi connectivity index (χ2n) is 4.84. The van der Waals surface area contributed by atoms with Crippen LogP contribution in [0, 0.1) is 3.57 Å². The van der Waals surface area contributed by atoms with Gasteiger partial charge in [0, 0.05) is 26.2 Å². The van der Waals surface area contributed by atoms with Crippen LogP contribution in [0.15, 0.2) is 46.9 Å². The van der Waals surface area contributed by atoms with Crippen LogP contribution in [0.2, 0.25) is 0 Å². The van der Waals surface area contributed by atoms with Crippen LogP contribution in [-0.2, 0) is 6.54 Å². The summed E-state index contributed by atoms with van der Waals surface area (Å²) in [5.74, 6) is 1.74. The minimum absolute atomic E-state index is 0.449. The smallest absolute Gasteiger partial charge is 0.133 e. The van der Waals surface area contributed by atoms with Gasteiger partial charge in [-0.1, -0.05) is 35.8 Å². The molecule has 0 aromatic heterocycles.